The van der Waals surface area contributed by atoms with Gasteiger partial charge in [-0.15, -0.1) is 0 Å². The molecule has 214 valence electrons. The third kappa shape index (κ3) is 6.75. The zero-order valence-electron chi connectivity index (χ0n) is 23.1. The summed E-state index contributed by atoms with van der Waals surface area (Å²) in [5.74, 6) is -1.14. The second-order valence-corrected chi connectivity index (χ2v) is 9.85. The van der Waals surface area contributed by atoms with Crippen molar-refractivity contribution in [1.82, 2.24) is 0 Å². The van der Waals surface area contributed by atoms with E-state index in [2.05, 4.69) is 5.32 Å². The fraction of sp³-hybridized carbons (Fsp3) is 0.212. The van der Waals surface area contributed by atoms with Gasteiger partial charge in [-0.1, -0.05) is 43.3 Å². The highest BCUT2D eigenvalue weighted by Gasteiger charge is 2.36. The molecule has 1 N–H and O–H groups in total. The Bertz CT molecular complexity index is 1590. The molecule has 0 unspecified atom stereocenters. The van der Waals surface area contributed by atoms with Crippen LogP contribution < -0.4 is 15.0 Å². The first kappa shape index (κ1) is 28.4. The molecule has 2 amide bonds. The zero-order valence-corrected chi connectivity index (χ0v) is 23.1. The number of nitrogens with one attached hydrogen (secondary N) is 1. The van der Waals surface area contributed by atoms with Crippen molar-refractivity contribution in [3.63, 3.8) is 0 Å². The van der Waals surface area contributed by atoms with Crippen molar-refractivity contribution in [2.45, 2.75) is 19.8 Å². The van der Waals surface area contributed by atoms with Crippen molar-refractivity contribution in [3.8, 4) is 11.5 Å². The summed E-state index contributed by atoms with van der Waals surface area (Å²) in [6, 6.07) is 27.1. The Morgan fingerprint density at radius 3 is 2.38 bits per heavy atom. The first-order valence-corrected chi connectivity index (χ1v) is 13.7. The van der Waals surface area contributed by atoms with Crippen LogP contribution in [0.25, 0.3) is 10.8 Å². The predicted molar refractivity (Wildman–Crippen MR) is 158 cm³/mol. The third-order valence-corrected chi connectivity index (χ3v) is 6.77. The molecule has 0 bridgehead atoms. The molecule has 0 saturated carbocycles. The number of esters is 2. The SMILES string of the molecule is CCCOC(=O)c1ccc(NC(=O)COC(=O)[C@@H]2CC(=O)N(c3ccc(Oc4cccc5ccccc45)cc3)C2)cc1. The van der Waals surface area contributed by atoms with Gasteiger partial charge in [-0.3, -0.25) is 14.4 Å². The van der Waals surface area contributed by atoms with Gasteiger partial charge in [-0.25, -0.2) is 4.79 Å². The average molecular weight is 567 g/mol. The number of carbonyl (C=O) groups excluding carboxylic acids is 4. The van der Waals surface area contributed by atoms with E-state index >= 15 is 0 Å². The quantitative estimate of drug-likeness (QED) is 0.244. The van der Waals surface area contributed by atoms with E-state index in [4.69, 9.17) is 14.2 Å². The second-order valence-electron chi connectivity index (χ2n) is 9.85. The van der Waals surface area contributed by atoms with Crippen molar-refractivity contribution in [2.24, 2.45) is 5.92 Å². The van der Waals surface area contributed by atoms with Gasteiger partial charge >= 0.3 is 11.9 Å². The Kier molecular flexibility index (Phi) is 8.77. The molecule has 9 heteroatoms. The molecule has 1 aliphatic heterocycles. The molecular weight excluding hydrogens is 536 g/mol. The number of amides is 2. The average Bonchev–Trinajstić information content (AvgIpc) is 3.41. The van der Waals surface area contributed by atoms with Gasteiger partial charge in [-0.05, 0) is 66.4 Å². The number of rotatable bonds is 10. The van der Waals surface area contributed by atoms with Gasteiger partial charge in [0.1, 0.15) is 11.5 Å². The minimum Gasteiger partial charge on any atom is -0.462 e. The van der Waals surface area contributed by atoms with Crippen LogP contribution in [0.4, 0.5) is 11.4 Å². The minimum atomic E-state index is -0.690. The molecule has 1 saturated heterocycles. The van der Waals surface area contributed by atoms with Crippen LogP contribution in [0, 0.1) is 5.92 Å². The summed E-state index contributed by atoms with van der Waals surface area (Å²) >= 11 is 0. The van der Waals surface area contributed by atoms with E-state index in [1.807, 2.05) is 49.4 Å². The smallest absolute Gasteiger partial charge is 0.338 e. The highest BCUT2D eigenvalue weighted by Crippen LogP contribution is 2.32. The van der Waals surface area contributed by atoms with Gasteiger partial charge in [0, 0.05) is 29.7 Å². The molecule has 0 radical (unpaired) electrons. The van der Waals surface area contributed by atoms with Crippen molar-refractivity contribution in [1.29, 1.82) is 0 Å². The van der Waals surface area contributed by atoms with Gasteiger partial charge in [0.15, 0.2) is 6.61 Å². The van der Waals surface area contributed by atoms with Crippen LogP contribution in [-0.4, -0.2) is 43.5 Å². The van der Waals surface area contributed by atoms with Crippen LogP contribution in [0.5, 0.6) is 11.5 Å². The molecule has 1 fully saturated rings. The number of ether oxygens (including phenoxy) is 3. The maximum Gasteiger partial charge on any atom is 0.338 e. The van der Waals surface area contributed by atoms with Crippen LogP contribution >= 0.6 is 0 Å². The Labute approximate surface area is 243 Å². The second kappa shape index (κ2) is 13.0. The Morgan fingerprint density at radius 1 is 0.881 bits per heavy atom. The predicted octanol–water partition coefficient (Wildman–Crippen LogP) is 5.73. The molecule has 4 aromatic carbocycles. The van der Waals surface area contributed by atoms with Gasteiger partial charge in [0.05, 0.1) is 18.1 Å². The van der Waals surface area contributed by atoms with E-state index in [9.17, 15) is 19.2 Å². The molecule has 5 rings (SSSR count). The molecular formula is C33H30N2O7. The number of benzene rings is 4. The Balaban J connectivity index is 1.11. The van der Waals surface area contributed by atoms with Crippen LogP contribution in [0.15, 0.2) is 91.0 Å². The van der Waals surface area contributed by atoms with E-state index < -0.39 is 30.4 Å². The fourth-order valence-corrected chi connectivity index (χ4v) is 4.64. The van der Waals surface area contributed by atoms with Crippen LogP contribution in [0.2, 0.25) is 0 Å². The lowest BCUT2D eigenvalue weighted by molar-refractivity contribution is -0.151. The van der Waals surface area contributed by atoms with Gasteiger partial charge in [-0.2, -0.15) is 0 Å². The van der Waals surface area contributed by atoms with Crippen molar-refractivity contribution in [3.05, 3.63) is 96.6 Å². The van der Waals surface area contributed by atoms with E-state index in [1.165, 1.54) is 4.90 Å². The minimum absolute atomic E-state index is 0.00962. The summed E-state index contributed by atoms with van der Waals surface area (Å²) in [7, 11) is 0. The largest absolute Gasteiger partial charge is 0.462 e. The standard InChI is InChI=1S/C33H30N2O7/c1-2-18-40-32(38)23-10-12-25(13-11-23)34-30(36)21-41-33(39)24-19-31(37)35(20-24)26-14-16-27(17-15-26)42-29-9-5-7-22-6-3-4-8-28(22)29/h3-17,24H,2,18-21H2,1H3,(H,34,36)/t24-/m1/s1. The van der Waals surface area contributed by atoms with E-state index in [0.717, 1.165) is 22.9 Å². The fourth-order valence-electron chi connectivity index (χ4n) is 4.64. The normalized spacial score (nSPS) is 14.5. The van der Waals surface area contributed by atoms with Gasteiger partial charge in [0.25, 0.3) is 5.91 Å². The van der Waals surface area contributed by atoms with Crippen molar-refractivity contribution in [2.75, 3.05) is 30.0 Å². The molecule has 9 nitrogen and oxygen atoms in total. The zero-order chi connectivity index (χ0) is 29.5. The highest BCUT2D eigenvalue weighted by molar-refractivity contribution is 6.00. The Morgan fingerprint density at radius 2 is 1.62 bits per heavy atom. The van der Waals surface area contributed by atoms with Crippen LogP contribution in [-0.2, 0) is 23.9 Å². The van der Waals surface area contributed by atoms with E-state index in [-0.39, 0.29) is 18.9 Å². The van der Waals surface area contributed by atoms with Gasteiger partial charge < -0.3 is 24.4 Å². The molecule has 0 aromatic heterocycles. The number of hydrogen-bond acceptors (Lipinski definition) is 7. The summed E-state index contributed by atoms with van der Waals surface area (Å²) in [4.78, 5) is 51.1. The summed E-state index contributed by atoms with van der Waals surface area (Å²) in [6.45, 7) is 1.89. The summed E-state index contributed by atoms with van der Waals surface area (Å²) in [6.07, 6.45) is 0.714. The maximum atomic E-state index is 12.7. The van der Waals surface area contributed by atoms with Crippen LogP contribution in [0.1, 0.15) is 30.1 Å². The topological polar surface area (TPSA) is 111 Å². The first-order chi connectivity index (χ1) is 20.4. The molecule has 42 heavy (non-hydrogen) atoms. The number of nitrogens with zero attached hydrogens (tertiary/aromatic N) is 1. The Hall–Kier alpha value is -5.18. The molecule has 1 atom stereocenters. The summed E-state index contributed by atoms with van der Waals surface area (Å²) in [5, 5.41) is 4.69. The molecule has 4 aromatic rings. The van der Waals surface area contributed by atoms with Gasteiger partial charge in [0.2, 0.25) is 5.91 Å². The molecule has 0 spiro atoms. The summed E-state index contributed by atoms with van der Waals surface area (Å²) < 4.78 is 16.4. The number of carbonyl (C=O) groups is 4. The van der Waals surface area contributed by atoms with Crippen LogP contribution in [0.3, 0.4) is 0 Å². The maximum absolute atomic E-state index is 12.7. The molecule has 1 aliphatic rings. The van der Waals surface area contributed by atoms with E-state index in [1.54, 1.807) is 48.5 Å². The monoisotopic (exact) mass is 566 g/mol. The lowest BCUT2D eigenvalue weighted by Crippen LogP contribution is -2.28. The number of hydrogen-bond donors (Lipinski definition) is 1. The molecule has 0 aliphatic carbocycles. The van der Waals surface area contributed by atoms with Crippen molar-refractivity contribution < 1.29 is 33.4 Å². The lowest BCUT2D eigenvalue weighted by atomic mass is 10.1. The summed E-state index contributed by atoms with van der Waals surface area (Å²) in [5.41, 5.74) is 1.45. The van der Waals surface area contributed by atoms with E-state index in [0.29, 0.717) is 29.3 Å². The molecule has 1 heterocycles. The number of anilines is 2. The first-order valence-electron chi connectivity index (χ1n) is 13.7. The highest BCUT2D eigenvalue weighted by atomic mass is 16.5. The number of fused-ring (bicyclic) bond motifs is 1. The van der Waals surface area contributed by atoms with Crippen molar-refractivity contribution >= 4 is 45.9 Å². The lowest BCUT2D eigenvalue weighted by Gasteiger charge is -2.17. The third-order valence-electron chi connectivity index (χ3n) is 6.77.